The molecule has 26 heavy (non-hydrogen) atoms. The lowest BCUT2D eigenvalue weighted by Crippen LogP contribution is -2.04. The predicted molar refractivity (Wildman–Crippen MR) is 106 cm³/mol. The molecule has 0 radical (unpaired) electrons. The van der Waals surface area contributed by atoms with Crippen LogP contribution in [0.5, 0.6) is 5.75 Å². The van der Waals surface area contributed by atoms with Crippen molar-refractivity contribution in [1.82, 2.24) is 9.55 Å². The monoisotopic (exact) mass is 363 g/mol. The lowest BCUT2D eigenvalue weighted by molar-refractivity contribution is 0.477. The van der Waals surface area contributed by atoms with Crippen LogP contribution >= 0.6 is 11.6 Å². The molecule has 4 nitrogen and oxygen atoms in total. The second-order valence-corrected chi connectivity index (χ2v) is 6.74. The quantitative estimate of drug-likeness (QED) is 0.534. The molecule has 1 aromatic heterocycles. The average Bonchev–Trinajstić information content (AvgIpc) is 3.07. The molecule has 0 amide bonds. The fraction of sp³-hybridized carbons (Fsp3) is 0.0952. The van der Waals surface area contributed by atoms with Gasteiger partial charge in [0, 0.05) is 17.3 Å². The molecule has 0 saturated carbocycles. The zero-order chi connectivity index (χ0) is 18.3. The number of phenolic OH excluding ortho intramolecular Hbond substituents is 1. The minimum Gasteiger partial charge on any atom is -0.506 e. The Morgan fingerprint density at radius 2 is 1.88 bits per heavy atom. The second kappa shape index (κ2) is 6.48. The molecule has 0 spiro atoms. The first-order chi connectivity index (χ1) is 12.5. The van der Waals surface area contributed by atoms with Crippen LogP contribution in [0.4, 0.5) is 0 Å². The first kappa shape index (κ1) is 16.6. The molecule has 1 unspecified atom stereocenters. The van der Waals surface area contributed by atoms with Crippen molar-refractivity contribution in [2.24, 2.45) is 5.73 Å². The van der Waals surface area contributed by atoms with Gasteiger partial charge in [-0.25, -0.2) is 4.98 Å². The number of nitrogens with zero attached hydrogens (tertiary/aromatic N) is 2. The maximum absolute atomic E-state index is 10.3. The maximum atomic E-state index is 10.3. The predicted octanol–water partition coefficient (Wildman–Crippen LogP) is 5.07. The minimum atomic E-state index is -0.0290. The van der Waals surface area contributed by atoms with Crippen molar-refractivity contribution in [3.05, 3.63) is 77.6 Å². The Morgan fingerprint density at radius 1 is 1.08 bits per heavy atom. The number of fused-ring (bicyclic) bond motifs is 1. The summed E-state index contributed by atoms with van der Waals surface area (Å²) in [6, 6.07) is 19.3. The van der Waals surface area contributed by atoms with E-state index in [0.717, 1.165) is 27.8 Å². The smallest absolute Gasteiger partial charge is 0.141 e. The standard InChI is InChI=1S/C21H18ClN3O/c1-13(23)14-8-9-20-19(11-14)24-12-25(20)16-5-2-4-15(10-16)17-6-3-7-18(22)21(17)26/h2-13,26H,23H2,1H3. The van der Waals surface area contributed by atoms with Gasteiger partial charge in [-0.3, -0.25) is 4.57 Å². The number of aromatic hydroxyl groups is 1. The molecular formula is C21H18ClN3O. The van der Waals surface area contributed by atoms with Crippen LogP contribution in [0, 0.1) is 0 Å². The summed E-state index contributed by atoms with van der Waals surface area (Å²) in [7, 11) is 0. The van der Waals surface area contributed by atoms with Gasteiger partial charge in [0.05, 0.1) is 16.1 Å². The highest BCUT2D eigenvalue weighted by Crippen LogP contribution is 2.35. The van der Waals surface area contributed by atoms with Crippen molar-refractivity contribution < 1.29 is 5.11 Å². The SMILES string of the molecule is CC(N)c1ccc2c(c1)ncn2-c1cccc(-c2cccc(Cl)c2O)c1. The highest BCUT2D eigenvalue weighted by atomic mass is 35.5. The van der Waals surface area contributed by atoms with E-state index in [1.54, 1.807) is 12.4 Å². The van der Waals surface area contributed by atoms with Crippen LogP contribution in [0.2, 0.25) is 5.02 Å². The van der Waals surface area contributed by atoms with Crippen molar-refractivity contribution in [2.75, 3.05) is 0 Å². The molecule has 0 aliphatic heterocycles. The molecule has 0 fully saturated rings. The number of benzene rings is 3. The van der Waals surface area contributed by atoms with E-state index >= 15 is 0 Å². The molecule has 3 N–H and O–H groups in total. The Labute approximate surface area is 156 Å². The van der Waals surface area contributed by atoms with Gasteiger partial charge in [-0.05, 0) is 48.4 Å². The summed E-state index contributed by atoms with van der Waals surface area (Å²) in [6.07, 6.45) is 1.80. The first-order valence-corrected chi connectivity index (χ1v) is 8.73. The lowest BCUT2D eigenvalue weighted by atomic mass is 10.0. The van der Waals surface area contributed by atoms with Crippen molar-refractivity contribution in [1.29, 1.82) is 0 Å². The van der Waals surface area contributed by atoms with Crippen LogP contribution in [-0.4, -0.2) is 14.7 Å². The lowest BCUT2D eigenvalue weighted by Gasteiger charge is -2.10. The van der Waals surface area contributed by atoms with Gasteiger partial charge in [-0.15, -0.1) is 0 Å². The van der Waals surface area contributed by atoms with Crippen LogP contribution < -0.4 is 5.73 Å². The van der Waals surface area contributed by atoms with Crippen molar-refractivity contribution in [3.8, 4) is 22.6 Å². The van der Waals surface area contributed by atoms with Gasteiger partial charge in [0.25, 0.3) is 0 Å². The number of halogens is 1. The van der Waals surface area contributed by atoms with Crippen LogP contribution in [0.3, 0.4) is 0 Å². The van der Waals surface area contributed by atoms with Gasteiger partial charge < -0.3 is 10.8 Å². The van der Waals surface area contributed by atoms with Gasteiger partial charge in [-0.1, -0.05) is 41.9 Å². The topological polar surface area (TPSA) is 64.1 Å². The molecule has 0 aliphatic carbocycles. The number of phenols is 1. The highest BCUT2D eigenvalue weighted by Gasteiger charge is 2.11. The number of imidazole rings is 1. The van der Waals surface area contributed by atoms with E-state index in [1.807, 2.05) is 66.1 Å². The minimum absolute atomic E-state index is 0.0290. The molecule has 1 atom stereocenters. The van der Waals surface area contributed by atoms with Crippen LogP contribution in [0.1, 0.15) is 18.5 Å². The molecule has 0 aliphatic rings. The van der Waals surface area contributed by atoms with E-state index in [2.05, 4.69) is 4.98 Å². The van der Waals surface area contributed by atoms with Gasteiger partial charge in [-0.2, -0.15) is 0 Å². The third-order valence-electron chi connectivity index (χ3n) is 4.52. The fourth-order valence-electron chi connectivity index (χ4n) is 3.09. The Hall–Kier alpha value is -2.82. The van der Waals surface area contributed by atoms with E-state index < -0.39 is 0 Å². The number of hydrogen-bond donors (Lipinski definition) is 2. The molecule has 5 heteroatoms. The van der Waals surface area contributed by atoms with Gasteiger partial charge in [0.1, 0.15) is 12.1 Å². The maximum Gasteiger partial charge on any atom is 0.141 e. The van der Waals surface area contributed by atoms with Crippen LogP contribution in [0.15, 0.2) is 67.0 Å². The summed E-state index contributed by atoms with van der Waals surface area (Å²) >= 11 is 6.05. The zero-order valence-corrected chi connectivity index (χ0v) is 15.0. The Morgan fingerprint density at radius 3 is 2.69 bits per heavy atom. The zero-order valence-electron chi connectivity index (χ0n) is 14.2. The molecule has 4 aromatic rings. The highest BCUT2D eigenvalue weighted by molar-refractivity contribution is 6.32. The van der Waals surface area contributed by atoms with Gasteiger partial charge in [0.15, 0.2) is 0 Å². The molecular weight excluding hydrogens is 346 g/mol. The van der Waals surface area contributed by atoms with Crippen molar-refractivity contribution in [3.63, 3.8) is 0 Å². The third-order valence-corrected chi connectivity index (χ3v) is 4.82. The fourth-order valence-corrected chi connectivity index (χ4v) is 3.26. The summed E-state index contributed by atoms with van der Waals surface area (Å²) in [4.78, 5) is 4.51. The van der Waals surface area contributed by atoms with Crippen LogP contribution in [-0.2, 0) is 0 Å². The molecule has 0 saturated heterocycles. The Balaban J connectivity index is 1.82. The van der Waals surface area contributed by atoms with Crippen LogP contribution in [0.25, 0.3) is 27.8 Å². The average molecular weight is 364 g/mol. The summed E-state index contributed by atoms with van der Waals surface area (Å²) in [6.45, 7) is 1.96. The molecule has 1 heterocycles. The largest absolute Gasteiger partial charge is 0.506 e. The Bertz CT molecular complexity index is 1100. The van der Waals surface area contributed by atoms with E-state index in [4.69, 9.17) is 17.3 Å². The number of rotatable bonds is 3. The van der Waals surface area contributed by atoms with E-state index in [0.29, 0.717) is 10.6 Å². The van der Waals surface area contributed by atoms with E-state index in [9.17, 15) is 5.11 Å². The van der Waals surface area contributed by atoms with Crippen molar-refractivity contribution >= 4 is 22.6 Å². The number of nitrogens with two attached hydrogens (primary N) is 1. The van der Waals surface area contributed by atoms with E-state index in [1.165, 1.54) is 0 Å². The molecule has 130 valence electrons. The summed E-state index contributed by atoms with van der Waals surface area (Å²) < 4.78 is 2.02. The number of aromatic nitrogens is 2. The molecule has 4 rings (SSSR count). The summed E-state index contributed by atoms with van der Waals surface area (Å²) in [5.41, 5.74) is 11.5. The van der Waals surface area contributed by atoms with Crippen molar-refractivity contribution in [2.45, 2.75) is 13.0 Å². The normalized spacial score (nSPS) is 12.4. The summed E-state index contributed by atoms with van der Waals surface area (Å²) in [5, 5.41) is 10.6. The molecule has 0 bridgehead atoms. The Kier molecular flexibility index (Phi) is 4.15. The van der Waals surface area contributed by atoms with Gasteiger partial charge >= 0.3 is 0 Å². The summed E-state index contributed by atoms with van der Waals surface area (Å²) in [5.74, 6) is 0.0865. The molecule has 3 aromatic carbocycles. The number of hydrogen-bond acceptors (Lipinski definition) is 3. The van der Waals surface area contributed by atoms with Gasteiger partial charge in [0.2, 0.25) is 0 Å². The second-order valence-electron chi connectivity index (χ2n) is 6.34. The first-order valence-electron chi connectivity index (χ1n) is 8.35. The number of para-hydroxylation sites is 1. The third kappa shape index (κ3) is 2.83. The van der Waals surface area contributed by atoms with E-state index in [-0.39, 0.29) is 11.8 Å².